The Hall–Kier alpha value is -1.92. The summed E-state index contributed by atoms with van der Waals surface area (Å²) in [6.45, 7) is 4.95. The van der Waals surface area contributed by atoms with Gasteiger partial charge in [-0.1, -0.05) is 0 Å². The van der Waals surface area contributed by atoms with Crippen molar-refractivity contribution in [3.05, 3.63) is 29.3 Å². The standard InChI is InChI=1S/C19H26N2O4/c1-14(22)21-9-7-15-12-16(5-6-18(15)21)19(23)20-8-3-10-24-13-17-4-2-11-25-17/h5-6,12,17H,2-4,7-11,13H2,1H3,(H,20,23)/t17-/m1/s1. The van der Waals surface area contributed by atoms with Gasteiger partial charge >= 0.3 is 0 Å². The topological polar surface area (TPSA) is 67.9 Å². The van der Waals surface area contributed by atoms with E-state index in [0.717, 1.165) is 43.5 Å². The van der Waals surface area contributed by atoms with Crippen molar-refractivity contribution in [2.45, 2.75) is 38.7 Å². The quantitative estimate of drug-likeness (QED) is 0.766. The van der Waals surface area contributed by atoms with Crippen molar-refractivity contribution in [1.82, 2.24) is 5.32 Å². The second-order valence-electron chi connectivity index (χ2n) is 6.58. The summed E-state index contributed by atoms with van der Waals surface area (Å²) in [6, 6.07) is 5.54. The first-order valence-electron chi connectivity index (χ1n) is 9.04. The fourth-order valence-electron chi connectivity index (χ4n) is 3.34. The maximum Gasteiger partial charge on any atom is 0.251 e. The summed E-state index contributed by atoms with van der Waals surface area (Å²) in [4.78, 5) is 25.6. The van der Waals surface area contributed by atoms with Crippen molar-refractivity contribution in [2.24, 2.45) is 0 Å². The van der Waals surface area contributed by atoms with E-state index in [2.05, 4.69) is 5.32 Å². The van der Waals surface area contributed by atoms with Gasteiger partial charge in [-0.15, -0.1) is 0 Å². The lowest BCUT2D eigenvalue weighted by molar-refractivity contribution is -0.116. The lowest BCUT2D eigenvalue weighted by atomic mass is 10.1. The van der Waals surface area contributed by atoms with Crippen LogP contribution in [0.15, 0.2) is 18.2 Å². The lowest BCUT2D eigenvalue weighted by Gasteiger charge is -2.14. The van der Waals surface area contributed by atoms with Crippen molar-refractivity contribution < 1.29 is 19.1 Å². The number of rotatable bonds is 7. The fourth-order valence-corrected chi connectivity index (χ4v) is 3.34. The van der Waals surface area contributed by atoms with E-state index in [0.29, 0.717) is 31.9 Å². The summed E-state index contributed by atoms with van der Waals surface area (Å²) < 4.78 is 11.1. The Morgan fingerprint density at radius 2 is 2.28 bits per heavy atom. The molecule has 0 saturated carbocycles. The zero-order valence-electron chi connectivity index (χ0n) is 14.8. The minimum absolute atomic E-state index is 0.0407. The molecule has 0 unspecified atom stereocenters. The van der Waals surface area contributed by atoms with E-state index in [1.165, 1.54) is 0 Å². The molecule has 1 fully saturated rings. The van der Waals surface area contributed by atoms with E-state index in [4.69, 9.17) is 9.47 Å². The molecular weight excluding hydrogens is 320 g/mol. The van der Waals surface area contributed by atoms with Crippen molar-refractivity contribution >= 4 is 17.5 Å². The normalized spacial score (nSPS) is 19.1. The number of ether oxygens (including phenoxy) is 2. The third-order valence-electron chi connectivity index (χ3n) is 4.70. The van der Waals surface area contributed by atoms with Gasteiger partial charge in [0, 0.05) is 44.5 Å². The molecule has 2 aliphatic heterocycles. The van der Waals surface area contributed by atoms with Crippen LogP contribution in [-0.4, -0.2) is 50.8 Å². The molecule has 1 saturated heterocycles. The zero-order chi connectivity index (χ0) is 17.6. The van der Waals surface area contributed by atoms with Crippen LogP contribution in [0.4, 0.5) is 5.69 Å². The monoisotopic (exact) mass is 346 g/mol. The highest BCUT2D eigenvalue weighted by molar-refractivity contribution is 5.97. The Balaban J connectivity index is 1.39. The van der Waals surface area contributed by atoms with Crippen LogP contribution in [0, 0.1) is 0 Å². The third-order valence-corrected chi connectivity index (χ3v) is 4.70. The van der Waals surface area contributed by atoms with Gasteiger partial charge in [-0.3, -0.25) is 9.59 Å². The lowest BCUT2D eigenvalue weighted by Crippen LogP contribution is -2.26. The van der Waals surface area contributed by atoms with Gasteiger partial charge in [-0.2, -0.15) is 0 Å². The molecule has 6 nitrogen and oxygen atoms in total. The number of carbonyl (C=O) groups is 2. The van der Waals surface area contributed by atoms with Crippen LogP contribution in [-0.2, 0) is 20.7 Å². The molecule has 6 heteroatoms. The number of nitrogens with zero attached hydrogens (tertiary/aromatic N) is 1. The Kier molecular flexibility index (Phi) is 6.04. The van der Waals surface area contributed by atoms with Crippen molar-refractivity contribution in [3.63, 3.8) is 0 Å². The molecule has 3 rings (SSSR count). The number of anilines is 1. The van der Waals surface area contributed by atoms with Gasteiger partial charge < -0.3 is 19.7 Å². The second kappa shape index (κ2) is 8.45. The number of hydrogen-bond acceptors (Lipinski definition) is 4. The van der Waals surface area contributed by atoms with Gasteiger partial charge in [0.05, 0.1) is 12.7 Å². The summed E-state index contributed by atoms with van der Waals surface area (Å²) in [5, 5.41) is 2.92. The smallest absolute Gasteiger partial charge is 0.251 e. The SMILES string of the molecule is CC(=O)N1CCc2cc(C(=O)NCCCOC[C@H]3CCCO3)ccc21. The highest BCUT2D eigenvalue weighted by Crippen LogP contribution is 2.28. The van der Waals surface area contributed by atoms with Crippen molar-refractivity contribution in [2.75, 3.05) is 37.8 Å². The third kappa shape index (κ3) is 4.58. The fraction of sp³-hybridized carbons (Fsp3) is 0.579. The number of carbonyl (C=O) groups excluding carboxylic acids is 2. The van der Waals surface area contributed by atoms with E-state index in [9.17, 15) is 9.59 Å². The van der Waals surface area contributed by atoms with Gasteiger partial charge in [0.1, 0.15) is 0 Å². The molecule has 1 aromatic rings. The molecule has 136 valence electrons. The van der Waals surface area contributed by atoms with Crippen LogP contribution in [0.1, 0.15) is 42.1 Å². The summed E-state index contributed by atoms with van der Waals surface area (Å²) in [7, 11) is 0. The molecular formula is C19H26N2O4. The van der Waals surface area contributed by atoms with Crippen molar-refractivity contribution in [1.29, 1.82) is 0 Å². The van der Waals surface area contributed by atoms with E-state index in [-0.39, 0.29) is 17.9 Å². The van der Waals surface area contributed by atoms with E-state index in [1.54, 1.807) is 17.9 Å². The van der Waals surface area contributed by atoms with Crippen LogP contribution in [0.5, 0.6) is 0 Å². The Labute approximate surface area is 148 Å². The van der Waals surface area contributed by atoms with E-state index in [1.807, 2.05) is 12.1 Å². The average molecular weight is 346 g/mol. The summed E-state index contributed by atoms with van der Waals surface area (Å²) in [5.74, 6) is -0.0397. The summed E-state index contributed by atoms with van der Waals surface area (Å²) in [6.07, 6.45) is 4.02. The molecule has 25 heavy (non-hydrogen) atoms. The van der Waals surface area contributed by atoms with E-state index >= 15 is 0 Å². The minimum Gasteiger partial charge on any atom is -0.379 e. The molecule has 2 aliphatic rings. The van der Waals surface area contributed by atoms with Crippen LogP contribution >= 0.6 is 0 Å². The average Bonchev–Trinajstić information content (AvgIpc) is 3.26. The second-order valence-corrected chi connectivity index (χ2v) is 6.58. The molecule has 0 bridgehead atoms. The van der Waals surface area contributed by atoms with Gasteiger partial charge in [-0.05, 0) is 49.4 Å². The Morgan fingerprint density at radius 3 is 3.04 bits per heavy atom. The van der Waals surface area contributed by atoms with Crippen LogP contribution in [0.3, 0.4) is 0 Å². The Bertz CT molecular complexity index is 626. The number of nitrogens with one attached hydrogen (secondary N) is 1. The number of fused-ring (bicyclic) bond motifs is 1. The van der Waals surface area contributed by atoms with E-state index < -0.39 is 0 Å². The van der Waals surface area contributed by atoms with Crippen LogP contribution in [0.2, 0.25) is 0 Å². The van der Waals surface area contributed by atoms with Crippen LogP contribution in [0.25, 0.3) is 0 Å². The van der Waals surface area contributed by atoms with Gasteiger partial charge in [0.15, 0.2) is 0 Å². The number of benzene rings is 1. The number of hydrogen-bond donors (Lipinski definition) is 1. The molecule has 1 N–H and O–H groups in total. The molecule has 0 spiro atoms. The predicted octanol–water partition coefficient (Wildman–Crippen LogP) is 1.91. The maximum atomic E-state index is 12.2. The Morgan fingerprint density at radius 1 is 1.40 bits per heavy atom. The number of amides is 2. The van der Waals surface area contributed by atoms with Crippen LogP contribution < -0.4 is 10.2 Å². The van der Waals surface area contributed by atoms with Crippen molar-refractivity contribution in [3.8, 4) is 0 Å². The molecule has 1 aromatic carbocycles. The largest absolute Gasteiger partial charge is 0.379 e. The first-order chi connectivity index (χ1) is 12.1. The highest BCUT2D eigenvalue weighted by atomic mass is 16.5. The molecule has 2 amide bonds. The highest BCUT2D eigenvalue weighted by Gasteiger charge is 2.23. The molecule has 2 heterocycles. The first kappa shape index (κ1) is 17.9. The first-order valence-corrected chi connectivity index (χ1v) is 9.04. The van der Waals surface area contributed by atoms with Gasteiger partial charge in [0.25, 0.3) is 5.91 Å². The molecule has 1 atom stereocenters. The van der Waals surface area contributed by atoms with Gasteiger partial charge in [-0.25, -0.2) is 0 Å². The summed E-state index contributed by atoms with van der Waals surface area (Å²) in [5.41, 5.74) is 2.62. The predicted molar refractivity (Wildman–Crippen MR) is 94.9 cm³/mol. The zero-order valence-corrected chi connectivity index (χ0v) is 14.8. The molecule has 0 aliphatic carbocycles. The molecule has 0 aromatic heterocycles. The minimum atomic E-state index is -0.0804. The maximum absolute atomic E-state index is 12.2. The summed E-state index contributed by atoms with van der Waals surface area (Å²) >= 11 is 0. The van der Waals surface area contributed by atoms with Gasteiger partial charge in [0.2, 0.25) is 5.91 Å². The molecule has 0 radical (unpaired) electrons.